The van der Waals surface area contributed by atoms with Crippen molar-refractivity contribution in [2.24, 2.45) is 0 Å². The minimum Gasteiger partial charge on any atom is -0.355 e. The van der Waals surface area contributed by atoms with Gasteiger partial charge in [-0.2, -0.15) is 4.98 Å². The molecule has 0 spiro atoms. The van der Waals surface area contributed by atoms with Crippen molar-refractivity contribution in [2.45, 2.75) is 20.3 Å². The minimum atomic E-state index is 0.156. The van der Waals surface area contributed by atoms with Crippen LogP contribution < -0.4 is 4.90 Å². The van der Waals surface area contributed by atoms with Crippen molar-refractivity contribution < 1.29 is 0 Å². The molecule has 0 bridgehead atoms. The van der Waals surface area contributed by atoms with E-state index in [1.807, 2.05) is 0 Å². The van der Waals surface area contributed by atoms with Crippen LogP contribution in [0.4, 0.5) is 5.82 Å². The Bertz CT molecular complexity index is 560. The molecular weight excluding hydrogens is 273 g/mol. The van der Waals surface area contributed by atoms with Gasteiger partial charge in [0.25, 0.3) is 0 Å². The number of aromatic nitrogens is 4. The first-order chi connectivity index (χ1) is 8.67. The monoisotopic (exact) mass is 285 g/mol. The molecule has 2 aromatic heterocycles. The van der Waals surface area contributed by atoms with E-state index in [1.54, 1.807) is 0 Å². The van der Waals surface area contributed by atoms with E-state index in [0.717, 1.165) is 19.5 Å². The molecule has 0 amide bonds. The van der Waals surface area contributed by atoms with Crippen molar-refractivity contribution in [1.29, 1.82) is 0 Å². The van der Waals surface area contributed by atoms with Crippen molar-refractivity contribution in [2.75, 3.05) is 18.0 Å². The first-order valence-corrected chi connectivity index (χ1v) is 6.51. The maximum Gasteiger partial charge on any atom is 0.225 e. The lowest BCUT2D eigenvalue weighted by Crippen LogP contribution is -2.25. The van der Waals surface area contributed by atoms with Gasteiger partial charge >= 0.3 is 0 Å². The highest BCUT2D eigenvalue weighted by atomic mass is 35.5. The van der Waals surface area contributed by atoms with Gasteiger partial charge in [0.1, 0.15) is 17.4 Å². The van der Waals surface area contributed by atoms with Crippen LogP contribution >= 0.6 is 23.2 Å². The number of hydrogen-bond acceptors (Lipinski definition) is 5. The Labute approximate surface area is 115 Å². The molecule has 0 atom stereocenters. The van der Waals surface area contributed by atoms with Crippen LogP contribution in [-0.4, -0.2) is 33.0 Å². The highest BCUT2D eigenvalue weighted by Crippen LogP contribution is 2.26. The third-order valence-electron chi connectivity index (χ3n) is 2.57. The van der Waals surface area contributed by atoms with Crippen LogP contribution in [0.3, 0.4) is 0 Å². The smallest absolute Gasteiger partial charge is 0.225 e. The molecule has 0 aliphatic carbocycles. The molecule has 96 valence electrons. The largest absolute Gasteiger partial charge is 0.355 e. The lowest BCUT2D eigenvalue weighted by Gasteiger charge is -2.22. The second-order valence-corrected chi connectivity index (χ2v) is 4.45. The van der Waals surface area contributed by atoms with Gasteiger partial charge in [0.2, 0.25) is 5.28 Å². The molecule has 0 saturated carbocycles. The van der Waals surface area contributed by atoms with Gasteiger partial charge in [-0.15, -0.1) is 0 Å². The van der Waals surface area contributed by atoms with Crippen LogP contribution in [0.5, 0.6) is 0 Å². The maximum atomic E-state index is 6.01. The Kier molecular flexibility index (Phi) is 4.14. The maximum absolute atomic E-state index is 6.01. The summed E-state index contributed by atoms with van der Waals surface area (Å²) in [5.41, 5.74) is 1.12. The van der Waals surface area contributed by atoms with Gasteiger partial charge in [-0.05, 0) is 24.9 Å². The summed E-state index contributed by atoms with van der Waals surface area (Å²) in [6, 6.07) is 0. The standard InChI is InChI=1S/C11H13Cl2N5/c1-3-5-18(4-2)10-8-7(16-11(13)17-10)9(12)15-6-14-8/h6H,3-5H2,1-2H3. The number of fused-ring (bicyclic) bond motifs is 1. The van der Waals surface area contributed by atoms with Gasteiger partial charge in [-0.3, -0.25) is 0 Å². The Morgan fingerprint density at radius 2 is 1.89 bits per heavy atom. The molecule has 0 aliphatic heterocycles. The minimum absolute atomic E-state index is 0.156. The average molecular weight is 286 g/mol. The Hall–Kier alpha value is -1.20. The van der Waals surface area contributed by atoms with Gasteiger partial charge in [0, 0.05) is 13.1 Å². The Morgan fingerprint density at radius 3 is 2.56 bits per heavy atom. The Morgan fingerprint density at radius 1 is 1.11 bits per heavy atom. The number of halogens is 2. The molecular formula is C11H13Cl2N5. The van der Waals surface area contributed by atoms with Gasteiger partial charge < -0.3 is 4.90 Å². The van der Waals surface area contributed by atoms with Crippen LogP contribution in [-0.2, 0) is 0 Å². The lowest BCUT2D eigenvalue weighted by atomic mass is 10.3. The highest BCUT2D eigenvalue weighted by Gasteiger charge is 2.15. The zero-order chi connectivity index (χ0) is 13.1. The number of rotatable bonds is 4. The van der Waals surface area contributed by atoms with Crippen LogP contribution in [0.1, 0.15) is 20.3 Å². The molecule has 0 N–H and O–H groups in total. The fourth-order valence-electron chi connectivity index (χ4n) is 1.78. The fourth-order valence-corrected chi connectivity index (χ4v) is 2.12. The van der Waals surface area contributed by atoms with Crippen molar-refractivity contribution >= 4 is 40.1 Å². The fraction of sp³-hybridized carbons (Fsp3) is 0.455. The van der Waals surface area contributed by atoms with E-state index < -0.39 is 0 Å². The normalized spacial score (nSPS) is 10.9. The molecule has 0 aliphatic rings. The molecule has 0 saturated heterocycles. The summed E-state index contributed by atoms with van der Waals surface area (Å²) in [4.78, 5) is 18.6. The molecule has 0 radical (unpaired) electrons. The van der Waals surface area contributed by atoms with Crippen molar-refractivity contribution in [1.82, 2.24) is 19.9 Å². The zero-order valence-corrected chi connectivity index (χ0v) is 11.7. The van der Waals surface area contributed by atoms with E-state index in [0.29, 0.717) is 16.9 Å². The molecule has 0 aromatic carbocycles. The summed E-state index contributed by atoms with van der Waals surface area (Å²) in [6.07, 6.45) is 2.42. The summed E-state index contributed by atoms with van der Waals surface area (Å²) < 4.78 is 0. The van der Waals surface area contributed by atoms with Crippen molar-refractivity contribution in [3.63, 3.8) is 0 Å². The number of nitrogens with zero attached hydrogens (tertiary/aromatic N) is 5. The van der Waals surface area contributed by atoms with Crippen LogP contribution in [0.25, 0.3) is 11.0 Å². The molecule has 5 nitrogen and oxygen atoms in total. The topological polar surface area (TPSA) is 54.8 Å². The second-order valence-electron chi connectivity index (χ2n) is 3.76. The molecule has 0 fully saturated rings. The Balaban J connectivity index is 2.65. The molecule has 2 rings (SSSR count). The summed E-state index contributed by atoms with van der Waals surface area (Å²) in [6.45, 7) is 5.86. The lowest BCUT2D eigenvalue weighted by molar-refractivity contribution is 0.779. The highest BCUT2D eigenvalue weighted by molar-refractivity contribution is 6.34. The van der Waals surface area contributed by atoms with Crippen molar-refractivity contribution in [3.8, 4) is 0 Å². The number of anilines is 1. The van der Waals surface area contributed by atoms with E-state index in [2.05, 4.69) is 38.7 Å². The van der Waals surface area contributed by atoms with Crippen LogP contribution in [0.15, 0.2) is 6.33 Å². The quantitative estimate of drug-likeness (QED) is 0.639. The summed E-state index contributed by atoms with van der Waals surface area (Å²) in [5, 5.41) is 0.446. The van der Waals surface area contributed by atoms with E-state index in [9.17, 15) is 0 Å². The summed E-state index contributed by atoms with van der Waals surface area (Å²) in [7, 11) is 0. The van der Waals surface area contributed by atoms with Crippen LogP contribution in [0, 0.1) is 0 Å². The van der Waals surface area contributed by atoms with E-state index in [-0.39, 0.29) is 10.4 Å². The van der Waals surface area contributed by atoms with E-state index in [4.69, 9.17) is 23.2 Å². The average Bonchev–Trinajstić information content (AvgIpc) is 2.36. The molecule has 2 aromatic rings. The first-order valence-electron chi connectivity index (χ1n) is 5.76. The number of hydrogen-bond donors (Lipinski definition) is 0. The van der Waals surface area contributed by atoms with Crippen molar-refractivity contribution in [3.05, 3.63) is 16.8 Å². The SMILES string of the molecule is CCCN(CC)c1nc(Cl)nc2c(Cl)ncnc12. The van der Waals surface area contributed by atoms with Crippen LogP contribution in [0.2, 0.25) is 10.4 Å². The van der Waals surface area contributed by atoms with Gasteiger partial charge in [-0.1, -0.05) is 18.5 Å². The second kappa shape index (κ2) is 5.63. The third-order valence-corrected chi connectivity index (χ3v) is 3.01. The summed E-state index contributed by atoms with van der Waals surface area (Å²) >= 11 is 11.9. The summed E-state index contributed by atoms with van der Waals surface area (Å²) in [5.74, 6) is 0.707. The molecule has 7 heteroatoms. The van der Waals surface area contributed by atoms with Gasteiger partial charge in [0.05, 0.1) is 0 Å². The van der Waals surface area contributed by atoms with Gasteiger partial charge in [0.15, 0.2) is 11.0 Å². The molecule has 2 heterocycles. The van der Waals surface area contributed by atoms with E-state index >= 15 is 0 Å². The first kappa shape index (κ1) is 13.2. The zero-order valence-electron chi connectivity index (χ0n) is 10.2. The predicted octanol–water partition coefficient (Wildman–Crippen LogP) is 2.96. The van der Waals surface area contributed by atoms with E-state index in [1.165, 1.54) is 6.33 Å². The third kappa shape index (κ3) is 2.47. The van der Waals surface area contributed by atoms with Gasteiger partial charge in [-0.25, -0.2) is 15.0 Å². The predicted molar refractivity (Wildman–Crippen MR) is 73.3 cm³/mol. The molecule has 0 unspecified atom stereocenters. The molecule has 18 heavy (non-hydrogen) atoms.